The lowest BCUT2D eigenvalue weighted by molar-refractivity contribution is 0.0899. The van der Waals surface area contributed by atoms with Gasteiger partial charge in [0.05, 0.1) is 12.6 Å². The van der Waals surface area contributed by atoms with Crippen molar-refractivity contribution in [3.63, 3.8) is 0 Å². The van der Waals surface area contributed by atoms with Crippen molar-refractivity contribution < 1.29 is 23.1 Å². The quantitative estimate of drug-likeness (QED) is 0.700. The van der Waals surface area contributed by atoms with Crippen molar-refractivity contribution >= 4 is 16.9 Å². The van der Waals surface area contributed by atoms with Gasteiger partial charge in [-0.2, -0.15) is 0 Å². The summed E-state index contributed by atoms with van der Waals surface area (Å²) in [6.45, 7) is 4.66. The van der Waals surface area contributed by atoms with E-state index in [4.69, 9.17) is 18.3 Å². The molecule has 3 aromatic rings. The van der Waals surface area contributed by atoms with E-state index < -0.39 is 0 Å². The van der Waals surface area contributed by atoms with Crippen LogP contribution in [0.4, 0.5) is 0 Å². The zero-order valence-electron chi connectivity index (χ0n) is 14.5. The Morgan fingerprint density at radius 2 is 2.08 bits per heavy atom. The van der Waals surface area contributed by atoms with Gasteiger partial charge in [0.1, 0.15) is 18.1 Å². The predicted molar refractivity (Wildman–Crippen MR) is 92.7 cm³/mol. The minimum atomic E-state index is -0.314. The SMILES string of the molecule is CCOc1cccc2cc(C(C)NC(=O)c3ccc(COC)o3)oc12. The molecule has 0 fully saturated rings. The molecule has 132 valence electrons. The van der Waals surface area contributed by atoms with Crippen molar-refractivity contribution in [2.45, 2.75) is 26.5 Å². The Balaban J connectivity index is 1.76. The molecule has 3 rings (SSSR count). The lowest BCUT2D eigenvalue weighted by Crippen LogP contribution is -2.25. The monoisotopic (exact) mass is 343 g/mol. The van der Waals surface area contributed by atoms with E-state index in [0.29, 0.717) is 36.1 Å². The first-order valence-corrected chi connectivity index (χ1v) is 8.16. The molecule has 0 saturated heterocycles. The Morgan fingerprint density at radius 3 is 2.84 bits per heavy atom. The maximum absolute atomic E-state index is 12.3. The second-order valence-corrected chi connectivity index (χ2v) is 5.65. The van der Waals surface area contributed by atoms with Gasteiger partial charge in [-0.05, 0) is 38.1 Å². The maximum atomic E-state index is 12.3. The second-order valence-electron chi connectivity index (χ2n) is 5.65. The number of carbonyl (C=O) groups is 1. The van der Waals surface area contributed by atoms with E-state index in [1.807, 2.05) is 38.1 Å². The van der Waals surface area contributed by atoms with Gasteiger partial charge in [-0.3, -0.25) is 4.79 Å². The Morgan fingerprint density at radius 1 is 1.24 bits per heavy atom. The van der Waals surface area contributed by atoms with Crippen molar-refractivity contribution in [3.8, 4) is 5.75 Å². The van der Waals surface area contributed by atoms with Crippen LogP contribution in [0, 0.1) is 0 Å². The number of fused-ring (bicyclic) bond motifs is 1. The molecule has 6 nitrogen and oxygen atoms in total. The van der Waals surface area contributed by atoms with Crippen LogP contribution in [0.25, 0.3) is 11.0 Å². The van der Waals surface area contributed by atoms with E-state index in [1.165, 1.54) is 0 Å². The number of nitrogens with one attached hydrogen (secondary N) is 1. The van der Waals surface area contributed by atoms with Gasteiger partial charge in [-0.25, -0.2) is 0 Å². The molecule has 1 N–H and O–H groups in total. The van der Waals surface area contributed by atoms with Gasteiger partial charge in [-0.15, -0.1) is 0 Å². The summed E-state index contributed by atoms with van der Waals surface area (Å²) in [7, 11) is 1.57. The highest BCUT2D eigenvalue weighted by Gasteiger charge is 2.19. The number of methoxy groups -OCH3 is 1. The molecule has 1 amide bonds. The van der Waals surface area contributed by atoms with Gasteiger partial charge < -0.3 is 23.6 Å². The van der Waals surface area contributed by atoms with Crippen LogP contribution < -0.4 is 10.1 Å². The van der Waals surface area contributed by atoms with E-state index in [2.05, 4.69) is 5.32 Å². The highest BCUT2D eigenvalue weighted by Crippen LogP contribution is 2.31. The number of hydrogen-bond acceptors (Lipinski definition) is 5. The lowest BCUT2D eigenvalue weighted by Gasteiger charge is -2.10. The minimum Gasteiger partial charge on any atom is -0.490 e. The van der Waals surface area contributed by atoms with Gasteiger partial charge in [0.25, 0.3) is 5.91 Å². The smallest absolute Gasteiger partial charge is 0.287 e. The van der Waals surface area contributed by atoms with Crippen molar-refractivity contribution in [1.82, 2.24) is 5.32 Å². The number of para-hydroxylation sites is 1. The highest BCUT2D eigenvalue weighted by atomic mass is 16.5. The Kier molecular flexibility index (Phi) is 5.09. The molecule has 1 unspecified atom stereocenters. The molecular formula is C19H21NO5. The van der Waals surface area contributed by atoms with Crippen LogP contribution in [-0.2, 0) is 11.3 Å². The summed E-state index contributed by atoms with van der Waals surface area (Å²) >= 11 is 0. The van der Waals surface area contributed by atoms with Crippen LogP contribution in [0.1, 0.15) is 42.0 Å². The summed E-state index contributed by atoms with van der Waals surface area (Å²) in [4.78, 5) is 12.3. The number of hydrogen-bond donors (Lipinski definition) is 1. The Bertz CT molecular complexity index is 864. The fraction of sp³-hybridized carbons (Fsp3) is 0.316. The Hall–Kier alpha value is -2.73. The Labute approximate surface area is 145 Å². The largest absolute Gasteiger partial charge is 0.490 e. The molecule has 0 bridgehead atoms. The van der Waals surface area contributed by atoms with Crippen molar-refractivity contribution in [2.75, 3.05) is 13.7 Å². The lowest BCUT2D eigenvalue weighted by atomic mass is 10.2. The topological polar surface area (TPSA) is 73.8 Å². The summed E-state index contributed by atoms with van der Waals surface area (Å²) in [6.07, 6.45) is 0. The number of rotatable bonds is 7. The molecule has 25 heavy (non-hydrogen) atoms. The molecule has 1 atom stereocenters. The molecule has 1 aromatic carbocycles. The third-order valence-corrected chi connectivity index (χ3v) is 3.77. The van der Waals surface area contributed by atoms with E-state index in [1.54, 1.807) is 19.2 Å². The summed E-state index contributed by atoms with van der Waals surface area (Å²) in [5.41, 5.74) is 0.681. The molecule has 2 heterocycles. The van der Waals surface area contributed by atoms with Crippen LogP contribution in [0.15, 0.2) is 45.2 Å². The highest BCUT2D eigenvalue weighted by molar-refractivity contribution is 5.92. The molecule has 2 aromatic heterocycles. The summed E-state index contributed by atoms with van der Waals surface area (Å²) in [5, 5.41) is 3.81. The van der Waals surface area contributed by atoms with Crippen LogP contribution in [-0.4, -0.2) is 19.6 Å². The molecule has 0 aliphatic rings. The first kappa shape index (κ1) is 17.1. The third-order valence-electron chi connectivity index (χ3n) is 3.77. The number of carbonyl (C=O) groups excluding carboxylic acids is 1. The number of furan rings is 2. The zero-order valence-corrected chi connectivity index (χ0v) is 14.5. The number of ether oxygens (including phenoxy) is 2. The first-order valence-electron chi connectivity index (χ1n) is 8.16. The average Bonchev–Trinajstić information content (AvgIpc) is 3.23. The molecular weight excluding hydrogens is 322 g/mol. The van der Waals surface area contributed by atoms with E-state index in [-0.39, 0.29) is 17.7 Å². The standard InChI is InChI=1S/C19H21NO5/c1-4-23-15-7-5-6-13-10-17(25-18(13)15)12(2)20-19(21)16-9-8-14(24-16)11-22-3/h5-10,12H,4,11H2,1-3H3,(H,20,21). The van der Waals surface area contributed by atoms with Crippen LogP contribution in [0.2, 0.25) is 0 Å². The normalized spacial score (nSPS) is 12.3. The van der Waals surface area contributed by atoms with Gasteiger partial charge >= 0.3 is 0 Å². The van der Waals surface area contributed by atoms with Crippen LogP contribution in [0.5, 0.6) is 5.75 Å². The molecule has 0 aliphatic heterocycles. The summed E-state index contributed by atoms with van der Waals surface area (Å²) in [6, 6.07) is 10.7. The number of amides is 1. The van der Waals surface area contributed by atoms with Crippen molar-refractivity contribution in [2.24, 2.45) is 0 Å². The zero-order chi connectivity index (χ0) is 17.8. The second kappa shape index (κ2) is 7.44. The van der Waals surface area contributed by atoms with Crippen LogP contribution >= 0.6 is 0 Å². The molecule has 0 spiro atoms. The van der Waals surface area contributed by atoms with Crippen molar-refractivity contribution in [1.29, 1.82) is 0 Å². The molecule has 0 radical (unpaired) electrons. The fourth-order valence-electron chi connectivity index (χ4n) is 2.60. The summed E-state index contributed by atoms with van der Waals surface area (Å²) in [5.74, 6) is 1.88. The third kappa shape index (κ3) is 3.69. The fourth-order valence-corrected chi connectivity index (χ4v) is 2.60. The van der Waals surface area contributed by atoms with Crippen LogP contribution in [0.3, 0.4) is 0 Å². The first-order chi connectivity index (χ1) is 12.1. The summed E-state index contributed by atoms with van der Waals surface area (Å²) < 4.78 is 21.9. The van der Waals surface area contributed by atoms with E-state index in [0.717, 1.165) is 5.39 Å². The molecule has 6 heteroatoms. The van der Waals surface area contributed by atoms with E-state index in [9.17, 15) is 4.79 Å². The van der Waals surface area contributed by atoms with Gasteiger partial charge in [0, 0.05) is 12.5 Å². The minimum absolute atomic E-state index is 0.241. The van der Waals surface area contributed by atoms with Gasteiger partial charge in [-0.1, -0.05) is 12.1 Å². The maximum Gasteiger partial charge on any atom is 0.287 e. The van der Waals surface area contributed by atoms with E-state index >= 15 is 0 Å². The molecule has 0 saturated carbocycles. The average molecular weight is 343 g/mol. The van der Waals surface area contributed by atoms with Crippen molar-refractivity contribution in [3.05, 3.63) is 53.7 Å². The predicted octanol–water partition coefficient (Wildman–Crippen LogP) is 4.06. The molecule has 0 aliphatic carbocycles. The van der Waals surface area contributed by atoms with Gasteiger partial charge in [0.2, 0.25) is 0 Å². The van der Waals surface area contributed by atoms with Gasteiger partial charge in [0.15, 0.2) is 17.1 Å². The number of benzene rings is 1.